The third kappa shape index (κ3) is 5.10. The molecule has 0 bridgehead atoms. The number of anilines is 1. The predicted molar refractivity (Wildman–Crippen MR) is 105 cm³/mol. The Morgan fingerprint density at radius 2 is 2.04 bits per heavy atom. The van der Waals surface area contributed by atoms with E-state index in [-0.39, 0.29) is 18.6 Å². The van der Waals surface area contributed by atoms with Crippen LogP contribution in [0.1, 0.15) is 34.8 Å². The van der Waals surface area contributed by atoms with Crippen molar-refractivity contribution in [2.75, 3.05) is 11.9 Å². The zero-order valence-electron chi connectivity index (χ0n) is 15.6. The van der Waals surface area contributed by atoms with E-state index in [4.69, 9.17) is 14.9 Å². The summed E-state index contributed by atoms with van der Waals surface area (Å²) in [6.45, 7) is 2.79. The van der Waals surface area contributed by atoms with Gasteiger partial charge in [0.15, 0.2) is 0 Å². The molecule has 2 aromatic rings. The van der Waals surface area contributed by atoms with Crippen molar-refractivity contribution < 1.29 is 14.5 Å². The zero-order valence-corrected chi connectivity index (χ0v) is 15.6. The Bertz CT molecular complexity index is 887. The molecule has 1 amide bonds. The van der Waals surface area contributed by atoms with Crippen LogP contribution < -0.4 is 16.3 Å². The molecular formula is C21H22N4O3. The second-order valence-electron chi connectivity index (χ2n) is 6.26. The molecule has 1 aliphatic heterocycles. The van der Waals surface area contributed by atoms with Crippen LogP contribution in [0.5, 0.6) is 0 Å². The fourth-order valence-corrected chi connectivity index (χ4v) is 2.70. The van der Waals surface area contributed by atoms with Crippen LogP contribution in [0.15, 0.2) is 60.3 Å². The van der Waals surface area contributed by atoms with E-state index in [1.807, 2.05) is 18.2 Å². The van der Waals surface area contributed by atoms with E-state index in [2.05, 4.69) is 29.3 Å². The number of rotatable bonds is 8. The highest BCUT2D eigenvalue weighted by molar-refractivity contribution is 5.99. The number of hydrogen-bond donors (Lipinski definition) is 3. The number of benzene rings is 2. The maximum atomic E-state index is 12.5. The maximum Gasteiger partial charge on any atom is 0.276 e. The molecule has 1 unspecified atom stereocenters. The summed E-state index contributed by atoms with van der Waals surface area (Å²) in [5.74, 6) is -0.341. The van der Waals surface area contributed by atoms with Crippen molar-refractivity contribution in [2.45, 2.75) is 26.1 Å². The molecule has 0 aromatic heterocycles. The van der Waals surface area contributed by atoms with Gasteiger partial charge < -0.3 is 5.32 Å². The molecule has 3 N–H and O–H groups in total. The average Bonchev–Trinajstić information content (AvgIpc) is 3.21. The minimum Gasteiger partial charge on any atom is -0.381 e. The molecule has 0 radical (unpaired) electrons. The lowest BCUT2D eigenvalue weighted by Gasteiger charge is -2.14. The number of carbonyl (C=O) groups is 1. The van der Waals surface area contributed by atoms with Crippen LogP contribution in [0.2, 0.25) is 0 Å². The monoisotopic (exact) mass is 378 g/mol. The van der Waals surface area contributed by atoms with Crippen LogP contribution in [0.3, 0.4) is 0 Å². The summed E-state index contributed by atoms with van der Waals surface area (Å²) < 4.78 is 0. The first kappa shape index (κ1) is 19.4. The van der Waals surface area contributed by atoms with Gasteiger partial charge in [-0.15, -0.1) is 0 Å². The number of amides is 1. The summed E-state index contributed by atoms with van der Waals surface area (Å²) in [7, 11) is 0. The molecular weight excluding hydrogens is 356 g/mol. The van der Waals surface area contributed by atoms with Crippen LogP contribution in [0, 0.1) is 11.3 Å². The van der Waals surface area contributed by atoms with Crippen LogP contribution >= 0.6 is 0 Å². The second-order valence-corrected chi connectivity index (χ2v) is 6.26. The van der Waals surface area contributed by atoms with Crippen molar-refractivity contribution in [3.8, 4) is 6.07 Å². The van der Waals surface area contributed by atoms with Gasteiger partial charge in [-0.3, -0.25) is 19.9 Å². The fraction of sp³-hybridized carbons (Fsp3) is 0.238. The third-order valence-corrected chi connectivity index (χ3v) is 4.26. The van der Waals surface area contributed by atoms with E-state index in [0.717, 1.165) is 17.7 Å². The van der Waals surface area contributed by atoms with Crippen molar-refractivity contribution >= 4 is 11.6 Å². The van der Waals surface area contributed by atoms with E-state index in [1.165, 1.54) is 0 Å². The minimum absolute atomic E-state index is 0.0984. The second kappa shape index (κ2) is 9.55. The molecule has 7 nitrogen and oxygen atoms in total. The SMILES string of the molecule is CCC1=CC(CNc2ccccc2C(=O)NOCc2ccc(C#N)cc2)ON1. The number of para-hydroxylation sites is 1. The van der Waals surface area contributed by atoms with E-state index >= 15 is 0 Å². The molecule has 1 aliphatic rings. The zero-order chi connectivity index (χ0) is 19.8. The quantitative estimate of drug-likeness (QED) is 0.611. The molecule has 1 heterocycles. The summed E-state index contributed by atoms with van der Waals surface area (Å²) in [4.78, 5) is 23.3. The van der Waals surface area contributed by atoms with Crippen LogP contribution in [0.4, 0.5) is 5.69 Å². The first-order valence-corrected chi connectivity index (χ1v) is 9.06. The van der Waals surface area contributed by atoms with E-state index in [9.17, 15) is 4.79 Å². The molecule has 0 aliphatic carbocycles. The Kier molecular flexibility index (Phi) is 6.63. The molecule has 0 saturated carbocycles. The Labute approximate surface area is 163 Å². The maximum absolute atomic E-state index is 12.5. The van der Waals surface area contributed by atoms with Gasteiger partial charge in [0, 0.05) is 17.9 Å². The molecule has 0 spiro atoms. The van der Waals surface area contributed by atoms with Gasteiger partial charge in [-0.25, -0.2) is 5.48 Å². The van der Waals surface area contributed by atoms with Crippen molar-refractivity contribution in [3.05, 3.63) is 77.0 Å². The summed E-state index contributed by atoms with van der Waals surface area (Å²) in [5.41, 5.74) is 9.01. The highest BCUT2D eigenvalue weighted by Gasteiger charge is 2.17. The lowest BCUT2D eigenvalue weighted by atomic mass is 10.1. The van der Waals surface area contributed by atoms with Gasteiger partial charge in [-0.1, -0.05) is 31.2 Å². The van der Waals surface area contributed by atoms with Crippen molar-refractivity contribution in [1.29, 1.82) is 5.26 Å². The van der Waals surface area contributed by atoms with Crippen molar-refractivity contribution in [1.82, 2.24) is 11.0 Å². The lowest BCUT2D eigenvalue weighted by Crippen LogP contribution is -2.26. The molecule has 1 atom stereocenters. The van der Waals surface area contributed by atoms with Gasteiger partial charge in [-0.05, 0) is 42.3 Å². The van der Waals surface area contributed by atoms with E-state index in [1.54, 1.807) is 36.4 Å². The third-order valence-electron chi connectivity index (χ3n) is 4.26. The number of allylic oxidation sites excluding steroid dienone is 1. The lowest BCUT2D eigenvalue weighted by molar-refractivity contribution is 0.0234. The summed E-state index contributed by atoms with van der Waals surface area (Å²) >= 11 is 0. The molecule has 144 valence electrons. The molecule has 2 aromatic carbocycles. The molecule has 0 fully saturated rings. The predicted octanol–water partition coefficient (Wildman–Crippen LogP) is 3.03. The van der Waals surface area contributed by atoms with Gasteiger partial charge >= 0.3 is 0 Å². The number of hydroxylamine groups is 2. The Morgan fingerprint density at radius 1 is 1.25 bits per heavy atom. The van der Waals surface area contributed by atoms with Crippen molar-refractivity contribution in [3.63, 3.8) is 0 Å². The summed E-state index contributed by atoms with van der Waals surface area (Å²) in [5, 5.41) is 12.1. The first-order valence-electron chi connectivity index (χ1n) is 9.06. The number of nitriles is 1. The smallest absolute Gasteiger partial charge is 0.276 e. The minimum atomic E-state index is -0.341. The fourth-order valence-electron chi connectivity index (χ4n) is 2.70. The van der Waals surface area contributed by atoms with Crippen LogP contribution in [-0.4, -0.2) is 18.6 Å². The Balaban J connectivity index is 1.53. The summed E-state index contributed by atoms with van der Waals surface area (Å²) in [6, 6.07) is 16.3. The van der Waals surface area contributed by atoms with Gasteiger partial charge in [0.2, 0.25) is 0 Å². The highest BCUT2D eigenvalue weighted by atomic mass is 16.7. The first-order chi connectivity index (χ1) is 13.7. The summed E-state index contributed by atoms with van der Waals surface area (Å²) in [6.07, 6.45) is 2.81. The molecule has 0 saturated heterocycles. The van der Waals surface area contributed by atoms with Crippen LogP contribution in [-0.2, 0) is 16.3 Å². The molecule has 28 heavy (non-hydrogen) atoms. The number of nitrogens with one attached hydrogen (secondary N) is 3. The topological polar surface area (TPSA) is 95.4 Å². The Morgan fingerprint density at radius 3 is 2.75 bits per heavy atom. The van der Waals surface area contributed by atoms with Gasteiger partial charge in [0.1, 0.15) is 6.10 Å². The standard InChI is InChI=1S/C21H22N4O3/c1-2-17-11-18(28-24-17)13-23-20-6-4-3-5-19(20)21(26)25-27-14-16-9-7-15(12-22)8-10-16/h3-11,18,23-24H,2,13-14H2,1H3,(H,25,26). The highest BCUT2D eigenvalue weighted by Crippen LogP contribution is 2.17. The van der Waals surface area contributed by atoms with Gasteiger partial charge in [0.05, 0.1) is 23.8 Å². The molecule has 3 rings (SSSR count). The number of hydrogen-bond acceptors (Lipinski definition) is 6. The molecule has 7 heteroatoms. The van der Waals surface area contributed by atoms with E-state index in [0.29, 0.717) is 23.4 Å². The largest absolute Gasteiger partial charge is 0.381 e. The average molecular weight is 378 g/mol. The van der Waals surface area contributed by atoms with Gasteiger partial charge in [-0.2, -0.15) is 5.26 Å². The normalized spacial score (nSPS) is 15.3. The van der Waals surface area contributed by atoms with E-state index < -0.39 is 0 Å². The number of carbonyl (C=O) groups excluding carboxylic acids is 1. The van der Waals surface area contributed by atoms with Crippen molar-refractivity contribution in [2.24, 2.45) is 0 Å². The van der Waals surface area contributed by atoms with Gasteiger partial charge in [0.25, 0.3) is 5.91 Å². The Hall–Kier alpha value is -3.34. The van der Waals surface area contributed by atoms with Crippen LogP contribution in [0.25, 0.3) is 0 Å². The number of nitrogens with zero attached hydrogens (tertiary/aromatic N) is 1.